The summed E-state index contributed by atoms with van der Waals surface area (Å²) in [6, 6.07) is 6.92. The molecule has 106 valence electrons. The maximum atomic E-state index is 5.69. The minimum absolute atomic E-state index is 0.604. The van der Waals surface area contributed by atoms with Crippen molar-refractivity contribution in [1.82, 2.24) is 9.55 Å². The normalized spacial score (nSPS) is 18.1. The average Bonchev–Trinajstić information content (AvgIpc) is 2.81. The van der Waals surface area contributed by atoms with Crippen molar-refractivity contribution in [2.75, 3.05) is 6.54 Å². The second-order valence-electron chi connectivity index (χ2n) is 5.97. The van der Waals surface area contributed by atoms with Gasteiger partial charge in [-0.25, -0.2) is 4.98 Å². The van der Waals surface area contributed by atoms with Crippen molar-refractivity contribution in [1.29, 1.82) is 0 Å². The molecule has 0 saturated carbocycles. The largest absolute Gasteiger partial charge is 0.331 e. The monoisotopic (exact) mass is 269 g/mol. The van der Waals surface area contributed by atoms with Gasteiger partial charge < -0.3 is 10.3 Å². The second-order valence-corrected chi connectivity index (χ2v) is 5.97. The van der Waals surface area contributed by atoms with Crippen LogP contribution in [0, 0.1) is 13.8 Å². The third-order valence-electron chi connectivity index (χ3n) is 4.26. The van der Waals surface area contributed by atoms with Gasteiger partial charge in [0, 0.05) is 30.8 Å². The minimum atomic E-state index is 0.604. The lowest BCUT2D eigenvalue weighted by Crippen LogP contribution is -2.21. The molecule has 0 radical (unpaired) electrons. The number of hydrogen-bond donors (Lipinski definition) is 1. The Morgan fingerprint density at radius 3 is 2.70 bits per heavy atom. The summed E-state index contributed by atoms with van der Waals surface area (Å²) in [5, 5.41) is 0. The van der Waals surface area contributed by atoms with Crippen molar-refractivity contribution in [2.24, 2.45) is 5.73 Å². The van der Waals surface area contributed by atoms with Crippen molar-refractivity contribution >= 4 is 0 Å². The second kappa shape index (κ2) is 5.41. The quantitative estimate of drug-likeness (QED) is 0.931. The van der Waals surface area contributed by atoms with Crippen LogP contribution in [0.2, 0.25) is 0 Å². The molecule has 2 N–H and O–H groups in total. The topological polar surface area (TPSA) is 43.8 Å². The van der Waals surface area contributed by atoms with Gasteiger partial charge in [-0.2, -0.15) is 0 Å². The highest BCUT2D eigenvalue weighted by Crippen LogP contribution is 2.30. The number of aromatic nitrogens is 2. The SMILES string of the molecule is Cc1cc(C)cc(C2CCc3cnc(CCN)n3C2)c1. The zero-order valence-corrected chi connectivity index (χ0v) is 12.4. The molecule has 0 amide bonds. The first-order valence-corrected chi connectivity index (χ1v) is 7.49. The fraction of sp³-hybridized carbons (Fsp3) is 0.471. The van der Waals surface area contributed by atoms with E-state index in [2.05, 4.69) is 41.6 Å². The lowest BCUT2D eigenvalue weighted by molar-refractivity contribution is 0.451. The van der Waals surface area contributed by atoms with Crippen molar-refractivity contribution in [2.45, 2.75) is 45.6 Å². The summed E-state index contributed by atoms with van der Waals surface area (Å²) in [4.78, 5) is 4.53. The third-order valence-corrected chi connectivity index (χ3v) is 4.26. The zero-order chi connectivity index (χ0) is 14.1. The summed E-state index contributed by atoms with van der Waals surface area (Å²) >= 11 is 0. The van der Waals surface area contributed by atoms with Crippen LogP contribution in [0.1, 0.15) is 40.5 Å². The summed E-state index contributed by atoms with van der Waals surface area (Å²) in [5.74, 6) is 1.75. The van der Waals surface area contributed by atoms with Crippen LogP contribution in [0.15, 0.2) is 24.4 Å². The zero-order valence-electron chi connectivity index (χ0n) is 12.4. The highest BCUT2D eigenvalue weighted by atomic mass is 15.1. The molecule has 3 rings (SSSR count). The summed E-state index contributed by atoms with van der Waals surface area (Å²) in [7, 11) is 0. The van der Waals surface area contributed by atoms with E-state index in [0.717, 1.165) is 25.2 Å². The van der Waals surface area contributed by atoms with Gasteiger partial charge in [0.05, 0.1) is 0 Å². The molecule has 1 unspecified atom stereocenters. The molecule has 20 heavy (non-hydrogen) atoms. The van der Waals surface area contributed by atoms with Crippen LogP contribution < -0.4 is 5.73 Å². The van der Waals surface area contributed by atoms with Crippen LogP contribution in [0.5, 0.6) is 0 Å². The van der Waals surface area contributed by atoms with Crippen molar-refractivity contribution in [3.05, 3.63) is 52.6 Å². The Bertz CT molecular complexity index is 592. The number of nitrogens with two attached hydrogens (primary N) is 1. The van der Waals surface area contributed by atoms with E-state index in [9.17, 15) is 0 Å². The maximum absolute atomic E-state index is 5.69. The van der Waals surface area contributed by atoms with Gasteiger partial charge in [0.15, 0.2) is 0 Å². The van der Waals surface area contributed by atoms with Gasteiger partial charge >= 0.3 is 0 Å². The molecule has 2 heterocycles. The van der Waals surface area contributed by atoms with Gasteiger partial charge in [0.1, 0.15) is 5.82 Å². The van der Waals surface area contributed by atoms with Gasteiger partial charge in [-0.15, -0.1) is 0 Å². The molecule has 0 saturated heterocycles. The first-order chi connectivity index (χ1) is 9.67. The molecule has 1 atom stereocenters. The van der Waals surface area contributed by atoms with Crippen molar-refractivity contribution < 1.29 is 0 Å². The van der Waals surface area contributed by atoms with Crippen LogP contribution in [0.3, 0.4) is 0 Å². The number of rotatable bonds is 3. The fourth-order valence-electron chi connectivity index (χ4n) is 3.36. The Labute approximate surface area is 120 Å². The van der Waals surface area contributed by atoms with Gasteiger partial charge in [0.2, 0.25) is 0 Å². The van der Waals surface area contributed by atoms with E-state index in [4.69, 9.17) is 5.73 Å². The highest BCUT2D eigenvalue weighted by molar-refractivity contribution is 5.32. The molecule has 1 aromatic heterocycles. The Morgan fingerprint density at radius 1 is 1.25 bits per heavy atom. The number of nitrogens with zero attached hydrogens (tertiary/aromatic N) is 2. The van der Waals surface area contributed by atoms with E-state index >= 15 is 0 Å². The van der Waals surface area contributed by atoms with E-state index in [1.807, 2.05) is 6.20 Å². The predicted molar refractivity (Wildman–Crippen MR) is 82.0 cm³/mol. The Balaban J connectivity index is 1.89. The predicted octanol–water partition coefficient (Wildman–Crippen LogP) is 2.73. The van der Waals surface area contributed by atoms with Crippen LogP contribution in [-0.4, -0.2) is 16.1 Å². The van der Waals surface area contributed by atoms with E-state index in [0.29, 0.717) is 12.5 Å². The van der Waals surface area contributed by atoms with Crippen LogP contribution in [-0.2, 0) is 19.4 Å². The first-order valence-electron chi connectivity index (χ1n) is 7.49. The number of imidazole rings is 1. The Hall–Kier alpha value is -1.61. The minimum Gasteiger partial charge on any atom is -0.331 e. The molecule has 1 aliphatic rings. The van der Waals surface area contributed by atoms with Gasteiger partial charge in [-0.3, -0.25) is 0 Å². The molecular formula is C17H23N3. The van der Waals surface area contributed by atoms with Crippen LogP contribution in [0.25, 0.3) is 0 Å². The summed E-state index contributed by atoms with van der Waals surface area (Å²) < 4.78 is 2.39. The molecule has 0 fully saturated rings. The molecule has 2 aromatic rings. The van der Waals surface area contributed by atoms with E-state index in [1.54, 1.807) is 0 Å². The molecule has 3 nitrogen and oxygen atoms in total. The maximum Gasteiger partial charge on any atom is 0.110 e. The van der Waals surface area contributed by atoms with Crippen molar-refractivity contribution in [3.8, 4) is 0 Å². The molecule has 1 aromatic carbocycles. The molecule has 3 heteroatoms. The van der Waals surface area contributed by atoms with Gasteiger partial charge in [0.25, 0.3) is 0 Å². The molecule has 1 aliphatic heterocycles. The fourth-order valence-corrected chi connectivity index (χ4v) is 3.36. The Kier molecular flexibility index (Phi) is 3.62. The van der Waals surface area contributed by atoms with Crippen LogP contribution in [0.4, 0.5) is 0 Å². The highest BCUT2D eigenvalue weighted by Gasteiger charge is 2.22. The molecule has 0 bridgehead atoms. The molecular weight excluding hydrogens is 246 g/mol. The number of benzene rings is 1. The standard InChI is InChI=1S/C17H23N3/c1-12-7-13(2)9-15(8-12)14-3-4-16-10-19-17(5-6-18)20(16)11-14/h7-10,14H,3-6,11,18H2,1-2H3. The summed E-state index contributed by atoms with van der Waals surface area (Å²) in [5.41, 5.74) is 11.2. The van der Waals surface area contributed by atoms with E-state index < -0.39 is 0 Å². The number of aryl methyl sites for hydroxylation is 3. The Morgan fingerprint density at radius 2 is 2.00 bits per heavy atom. The molecule has 0 spiro atoms. The van der Waals surface area contributed by atoms with Crippen LogP contribution >= 0.6 is 0 Å². The smallest absolute Gasteiger partial charge is 0.110 e. The lowest BCUT2D eigenvalue weighted by Gasteiger charge is -2.26. The first kappa shape index (κ1) is 13.4. The summed E-state index contributed by atoms with van der Waals surface area (Å²) in [6.07, 6.45) is 5.24. The van der Waals surface area contributed by atoms with Gasteiger partial charge in [-0.1, -0.05) is 29.3 Å². The number of hydrogen-bond acceptors (Lipinski definition) is 2. The third kappa shape index (κ3) is 2.50. The lowest BCUT2D eigenvalue weighted by atomic mass is 9.89. The summed E-state index contributed by atoms with van der Waals surface area (Å²) in [6.45, 7) is 6.09. The van der Waals surface area contributed by atoms with Gasteiger partial charge in [-0.05, 0) is 38.8 Å². The number of fused-ring (bicyclic) bond motifs is 1. The van der Waals surface area contributed by atoms with E-state index in [1.165, 1.54) is 28.8 Å². The average molecular weight is 269 g/mol. The van der Waals surface area contributed by atoms with Crippen molar-refractivity contribution in [3.63, 3.8) is 0 Å². The molecule has 0 aliphatic carbocycles. The van der Waals surface area contributed by atoms with E-state index in [-0.39, 0.29) is 0 Å².